The first kappa shape index (κ1) is 18.1. The number of hydrogen-bond acceptors (Lipinski definition) is 6. The van der Waals surface area contributed by atoms with Gasteiger partial charge in [0, 0.05) is 38.2 Å². The molecule has 7 nitrogen and oxygen atoms in total. The Kier molecular flexibility index (Phi) is 5.24. The molecular weight excluding hydrogens is 318 g/mol. The molecule has 138 valence electrons. The molecule has 2 saturated heterocycles. The first-order valence-corrected chi connectivity index (χ1v) is 9.11. The third kappa shape index (κ3) is 4.27. The van der Waals surface area contributed by atoms with E-state index in [1.165, 1.54) is 0 Å². The summed E-state index contributed by atoms with van der Waals surface area (Å²) in [7, 11) is 0. The normalized spacial score (nSPS) is 22.2. The molecule has 25 heavy (non-hydrogen) atoms. The molecule has 1 aromatic heterocycles. The van der Waals surface area contributed by atoms with Crippen molar-refractivity contribution in [2.75, 3.05) is 44.3 Å². The van der Waals surface area contributed by atoms with Crippen molar-refractivity contribution in [3.05, 3.63) is 17.6 Å². The van der Waals surface area contributed by atoms with E-state index in [1.807, 2.05) is 11.8 Å². The summed E-state index contributed by atoms with van der Waals surface area (Å²) in [6.45, 7) is 10.1. The maximum atomic E-state index is 12.5. The van der Waals surface area contributed by atoms with Crippen molar-refractivity contribution < 1.29 is 9.53 Å². The predicted octanol–water partition coefficient (Wildman–Crippen LogP) is 1.06. The minimum Gasteiger partial charge on any atom is -0.378 e. The lowest BCUT2D eigenvalue weighted by Gasteiger charge is -2.36. The Balaban J connectivity index is 1.78. The molecule has 0 aliphatic carbocycles. The van der Waals surface area contributed by atoms with E-state index in [-0.39, 0.29) is 11.8 Å². The average Bonchev–Trinajstić information content (AvgIpc) is 2.60. The summed E-state index contributed by atoms with van der Waals surface area (Å²) in [5.74, 6) is 1.99. The summed E-state index contributed by atoms with van der Waals surface area (Å²) in [6, 6.07) is 2.09. The molecular formula is C18H29N5O2. The van der Waals surface area contributed by atoms with Crippen molar-refractivity contribution in [1.29, 1.82) is 0 Å². The van der Waals surface area contributed by atoms with E-state index in [0.717, 1.165) is 63.0 Å². The highest BCUT2D eigenvalue weighted by atomic mass is 16.5. The minimum absolute atomic E-state index is 0.0105. The molecule has 0 spiro atoms. The standard InChI is InChI=1S/C18H29N5O2/c1-13-20-15(11-16(21-13)22-7-9-25-10-8-22)14-5-4-6-23(12-14)17(24)18(2,3)19/h11,14H,4-10,12,19H2,1-3H3/t14-/m0/s1. The van der Waals surface area contributed by atoms with E-state index in [9.17, 15) is 4.79 Å². The molecule has 2 aliphatic rings. The number of nitrogens with zero attached hydrogens (tertiary/aromatic N) is 4. The summed E-state index contributed by atoms with van der Waals surface area (Å²) in [4.78, 5) is 25.9. The molecule has 2 aliphatic heterocycles. The van der Waals surface area contributed by atoms with Crippen LogP contribution in [0.4, 0.5) is 5.82 Å². The number of aryl methyl sites for hydroxylation is 1. The Labute approximate surface area is 149 Å². The lowest BCUT2D eigenvalue weighted by molar-refractivity contribution is -0.137. The van der Waals surface area contributed by atoms with Crippen molar-refractivity contribution in [2.24, 2.45) is 5.73 Å². The second-order valence-corrected chi connectivity index (χ2v) is 7.61. The van der Waals surface area contributed by atoms with Crippen LogP contribution in [0.3, 0.4) is 0 Å². The van der Waals surface area contributed by atoms with Crippen molar-refractivity contribution >= 4 is 11.7 Å². The average molecular weight is 347 g/mol. The molecule has 1 atom stereocenters. The molecule has 3 heterocycles. The van der Waals surface area contributed by atoms with E-state index in [4.69, 9.17) is 10.5 Å². The number of ether oxygens (including phenoxy) is 1. The van der Waals surface area contributed by atoms with Crippen molar-refractivity contribution in [1.82, 2.24) is 14.9 Å². The summed E-state index contributed by atoms with van der Waals surface area (Å²) < 4.78 is 5.43. The molecule has 7 heteroatoms. The summed E-state index contributed by atoms with van der Waals surface area (Å²) in [6.07, 6.45) is 2.01. The minimum atomic E-state index is -0.831. The van der Waals surface area contributed by atoms with Gasteiger partial charge < -0.3 is 20.3 Å². The Bertz CT molecular complexity index is 622. The van der Waals surface area contributed by atoms with Gasteiger partial charge in [0.1, 0.15) is 11.6 Å². The van der Waals surface area contributed by atoms with Gasteiger partial charge in [0.25, 0.3) is 0 Å². The maximum absolute atomic E-state index is 12.5. The molecule has 0 unspecified atom stereocenters. The quantitative estimate of drug-likeness (QED) is 0.880. The van der Waals surface area contributed by atoms with Gasteiger partial charge >= 0.3 is 0 Å². The molecule has 3 rings (SSSR count). The number of carbonyl (C=O) groups is 1. The zero-order valence-corrected chi connectivity index (χ0v) is 15.5. The van der Waals surface area contributed by atoms with Crippen LogP contribution in [-0.2, 0) is 9.53 Å². The maximum Gasteiger partial charge on any atom is 0.242 e. The molecule has 0 radical (unpaired) electrons. The van der Waals surface area contributed by atoms with Crippen LogP contribution < -0.4 is 10.6 Å². The lowest BCUT2D eigenvalue weighted by Crippen LogP contribution is -2.53. The van der Waals surface area contributed by atoms with Gasteiger partial charge in [0.05, 0.1) is 24.4 Å². The van der Waals surface area contributed by atoms with Gasteiger partial charge in [-0.3, -0.25) is 4.79 Å². The number of anilines is 1. The summed E-state index contributed by atoms with van der Waals surface area (Å²) >= 11 is 0. The number of aromatic nitrogens is 2. The number of hydrogen-bond donors (Lipinski definition) is 1. The number of rotatable bonds is 3. The second kappa shape index (κ2) is 7.25. The number of morpholine rings is 1. The van der Waals surface area contributed by atoms with Gasteiger partial charge in [0.2, 0.25) is 5.91 Å². The van der Waals surface area contributed by atoms with E-state index in [2.05, 4.69) is 20.9 Å². The number of nitrogens with two attached hydrogens (primary N) is 1. The topological polar surface area (TPSA) is 84.6 Å². The zero-order chi connectivity index (χ0) is 18.0. The number of piperidine rings is 1. The van der Waals surface area contributed by atoms with E-state index < -0.39 is 5.54 Å². The smallest absolute Gasteiger partial charge is 0.242 e. The van der Waals surface area contributed by atoms with Crippen LogP contribution in [0, 0.1) is 6.92 Å². The van der Waals surface area contributed by atoms with Gasteiger partial charge in [-0.2, -0.15) is 0 Å². The van der Waals surface area contributed by atoms with Crippen molar-refractivity contribution in [3.63, 3.8) is 0 Å². The Morgan fingerprint density at radius 2 is 2.00 bits per heavy atom. The van der Waals surface area contributed by atoms with Crippen LogP contribution in [-0.4, -0.2) is 65.7 Å². The summed E-state index contributed by atoms with van der Waals surface area (Å²) in [5, 5.41) is 0. The van der Waals surface area contributed by atoms with E-state index in [0.29, 0.717) is 6.54 Å². The third-order valence-corrected chi connectivity index (χ3v) is 4.86. The van der Waals surface area contributed by atoms with Crippen LogP contribution in [0.5, 0.6) is 0 Å². The van der Waals surface area contributed by atoms with Crippen LogP contribution in [0.15, 0.2) is 6.07 Å². The fourth-order valence-electron chi connectivity index (χ4n) is 3.55. The van der Waals surface area contributed by atoms with Gasteiger partial charge in [0.15, 0.2) is 0 Å². The van der Waals surface area contributed by atoms with Gasteiger partial charge in [-0.25, -0.2) is 9.97 Å². The fourth-order valence-corrected chi connectivity index (χ4v) is 3.55. The fraction of sp³-hybridized carbons (Fsp3) is 0.722. The number of amides is 1. The van der Waals surface area contributed by atoms with Crippen molar-refractivity contribution in [2.45, 2.75) is 45.1 Å². The summed E-state index contributed by atoms with van der Waals surface area (Å²) in [5.41, 5.74) is 6.20. The highest BCUT2D eigenvalue weighted by Gasteiger charge is 2.32. The first-order valence-electron chi connectivity index (χ1n) is 9.11. The number of carbonyl (C=O) groups excluding carboxylic acids is 1. The molecule has 0 bridgehead atoms. The van der Waals surface area contributed by atoms with Gasteiger partial charge in [-0.1, -0.05) is 0 Å². The molecule has 1 aromatic rings. The number of likely N-dealkylation sites (tertiary alicyclic amines) is 1. The molecule has 1 amide bonds. The SMILES string of the molecule is Cc1nc([C@H]2CCCN(C(=O)C(C)(C)N)C2)cc(N2CCOCC2)n1. The Hall–Kier alpha value is -1.73. The monoisotopic (exact) mass is 347 g/mol. The highest BCUT2D eigenvalue weighted by molar-refractivity contribution is 5.85. The largest absolute Gasteiger partial charge is 0.378 e. The lowest BCUT2D eigenvalue weighted by atomic mass is 9.92. The van der Waals surface area contributed by atoms with Crippen molar-refractivity contribution in [3.8, 4) is 0 Å². The Morgan fingerprint density at radius 1 is 1.28 bits per heavy atom. The van der Waals surface area contributed by atoms with Gasteiger partial charge in [-0.15, -0.1) is 0 Å². The van der Waals surface area contributed by atoms with E-state index >= 15 is 0 Å². The highest BCUT2D eigenvalue weighted by Crippen LogP contribution is 2.28. The zero-order valence-electron chi connectivity index (χ0n) is 15.5. The molecule has 0 aromatic carbocycles. The first-order chi connectivity index (χ1) is 11.8. The van der Waals surface area contributed by atoms with Crippen LogP contribution in [0.25, 0.3) is 0 Å². The molecule has 2 N–H and O–H groups in total. The molecule has 2 fully saturated rings. The van der Waals surface area contributed by atoms with Crippen LogP contribution >= 0.6 is 0 Å². The third-order valence-electron chi connectivity index (χ3n) is 4.86. The van der Waals surface area contributed by atoms with Gasteiger partial charge in [-0.05, 0) is 33.6 Å². The second-order valence-electron chi connectivity index (χ2n) is 7.61. The van der Waals surface area contributed by atoms with Crippen LogP contribution in [0.2, 0.25) is 0 Å². The Morgan fingerprint density at radius 3 is 2.68 bits per heavy atom. The predicted molar refractivity (Wildman–Crippen MR) is 96.6 cm³/mol. The van der Waals surface area contributed by atoms with Crippen LogP contribution in [0.1, 0.15) is 44.1 Å². The van der Waals surface area contributed by atoms with E-state index in [1.54, 1.807) is 13.8 Å². The molecule has 0 saturated carbocycles.